The molecule has 642 valence electrons. The highest BCUT2D eigenvalue weighted by Crippen LogP contribution is 2.36. The van der Waals surface area contributed by atoms with Gasteiger partial charge in [0, 0.05) is 63.3 Å². The number of carbonyl (C=O) groups excluding carboxylic acids is 5. The van der Waals surface area contributed by atoms with Crippen molar-refractivity contribution in [2.45, 2.75) is 117 Å². The van der Waals surface area contributed by atoms with Gasteiger partial charge < -0.3 is 105 Å². The molecule has 1 fully saturated rings. The van der Waals surface area contributed by atoms with Gasteiger partial charge in [-0.05, 0) is 232 Å². The minimum absolute atomic E-state index is 0.0179. The lowest BCUT2D eigenvalue weighted by Crippen LogP contribution is -2.25. The summed E-state index contributed by atoms with van der Waals surface area (Å²) in [5.41, 5.74) is 6.70. The molecular weight excluding hydrogens is 1560 g/mol. The van der Waals surface area contributed by atoms with Gasteiger partial charge in [-0.3, -0.25) is 19.2 Å². The number of amides is 1. The van der Waals surface area contributed by atoms with Crippen molar-refractivity contribution in [3.05, 3.63) is 204 Å². The Bertz CT molecular complexity index is 5190. The van der Waals surface area contributed by atoms with E-state index in [4.69, 9.17) is 95.1 Å². The number of phenolic OH excluding ortho intramolecular Hbond substituents is 1. The number of carbonyl (C=O) groups is 6. The maximum absolute atomic E-state index is 12.1. The van der Waals surface area contributed by atoms with Crippen molar-refractivity contribution in [1.82, 2.24) is 10.4 Å². The molecule has 1 atom stereocenters. The lowest BCUT2D eigenvalue weighted by molar-refractivity contribution is -0.0757. The van der Waals surface area contributed by atoms with Crippen LogP contribution in [0.1, 0.15) is 179 Å². The highest BCUT2D eigenvalue weighted by atomic mass is 16.7. The Kier molecular flexibility index (Phi) is 38.6. The van der Waals surface area contributed by atoms with Crippen LogP contribution >= 0.6 is 0 Å². The van der Waals surface area contributed by atoms with E-state index >= 15 is 0 Å². The number of furan rings is 7. The number of unbranched alkanes of at least 4 members (excludes halogenated alkanes) is 5. The summed E-state index contributed by atoms with van der Waals surface area (Å²) in [5.74, 6) is 1.42. The van der Waals surface area contributed by atoms with Gasteiger partial charge in [0.15, 0.2) is 17.8 Å². The first kappa shape index (κ1) is 93.1. The van der Waals surface area contributed by atoms with Gasteiger partial charge in [0.05, 0.1) is 146 Å². The number of hydroxylamine groups is 2. The molecule has 0 aliphatic heterocycles. The summed E-state index contributed by atoms with van der Waals surface area (Å²) in [5, 5.41) is 71.9. The number of carboxylic acid groups (broad SMARTS) is 1. The number of nitrogens with zero attached hydrogens (tertiary/aromatic N) is 1. The van der Waals surface area contributed by atoms with Crippen molar-refractivity contribution < 1.29 is 133 Å². The van der Waals surface area contributed by atoms with Crippen LogP contribution in [0.25, 0.3) is 65.8 Å². The number of ketones is 1. The smallest absolute Gasteiger partial charge is 0.338 e. The van der Waals surface area contributed by atoms with Crippen molar-refractivity contribution in [3.8, 4) is 34.5 Å². The Morgan fingerprint density at radius 3 is 1.14 bits per heavy atom. The van der Waals surface area contributed by atoms with E-state index in [1.807, 2.05) is 12.1 Å². The lowest BCUT2D eigenvalue weighted by Gasteiger charge is -2.16. The van der Waals surface area contributed by atoms with Gasteiger partial charge in [-0.2, -0.15) is 0 Å². The number of aromatic carboxylic acids is 1. The molecule has 120 heavy (non-hydrogen) atoms. The van der Waals surface area contributed by atoms with Crippen molar-refractivity contribution in [3.63, 3.8) is 0 Å². The molecule has 7 aromatic heterocycles. The zero-order chi connectivity index (χ0) is 86.1. The largest absolute Gasteiger partial charge is 0.507 e. The van der Waals surface area contributed by atoms with E-state index in [1.54, 1.807) is 118 Å². The number of aliphatic hydroxyl groups excluding tert-OH is 5. The Labute approximate surface area is 691 Å². The molecule has 0 spiro atoms. The number of hydrogen-bond donors (Lipinski definition) is 8. The molecule has 7 heterocycles. The van der Waals surface area contributed by atoms with Crippen LogP contribution in [0.5, 0.6) is 34.5 Å². The third kappa shape index (κ3) is 28.4. The average molecular weight is 1660 g/mol. The first-order valence-corrected chi connectivity index (χ1v) is 39.4. The number of benzene rings is 6. The highest BCUT2D eigenvalue weighted by Gasteiger charge is 2.25. The zero-order valence-electron chi connectivity index (χ0n) is 67.9. The zero-order valence-corrected chi connectivity index (χ0v) is 67.9. The molecule has 6 aromatic carbocycles. The lowest BCUT2D eigenvalue weighted by atomic mass is 10.1. The molecular formula is C90H104N2O28. The number of aldehydes is 1. The van der Waals surface area contributed by atoms with E-state index in [9.17, 15) is 33.9 Å². The summed E-state index contributed by atoms with van der Waals surface area (Å²) in [6.45, 7) is 11.1. The molecule has 30 nitrogen and oxygen atoms in total. The average Bonchev–Trinajstić information content (AvgIpc) is 1.65. The fourth-order valence-electron chi connectivity index (χ4n) is 11.5. The van der Waals surface area contributed by atoms with Crippen LogP contribution in [0.4, 0.5) is 0 Å². The minimum atomic E-state index is -1.02. The third-order valence-electron chi connectivity index (χ3n) is 18.0. The van der Waals surface area contributed by atoms with Gasteiger partial charge in [0.2, 0.25) is 0 Å². The predicted octanol–water partition coefficient (Wildman–Crippen LogP) is 16.9. The first-order valence-electron chi connectivity index (χ1n) is 39.4. The maximum Gasteiger partial charge on any atom is 0.338 e. The fourth-order valence-corrected chi connectivity index (χ4v) is 11.5. The van der Waals surface area contributed by atoms with E-state index in [0.29, 0.717) is 175 Å². The number of aromatic hydroxyl groups is 1. The summed E-state index contributed by atoms with van der Waals surface area (Å²) in [4.78, 5) is 72.4. The SMILES string of the molecule is CC(=O)c1cc(OCCCCO)c2ccoc2c1.CC(NC1CC1)c1cc(OCCCCO)c2ccoc2c1.CCOC(=O)c1cc(O)c2ccoc2c1.CCOC(=O)c1cc(OCCCCO)c2ccoc2c1.CON(C)C(=O)c1cc(OCCCCO)c2ccoc2c1.O=C(O)c1cc(OCCCCO)c2ccoc2c1.O=Cc1ccco1. The van der Waals surface area contributed by atoms with Crippen LogP contribution in [0, 0.1) is 0 Å². The number of ether oxygens (including phenoxy) is 7. The van der Waals surface area contributed by atoms with Gasteiger partial charge in [-0.25, -0.2) is 19.4 Å². The monoisotopic (exact) mass is 1660 g/mol. The number of aliphatic hydroxyl groups is 5. The number of esters is 2. The van der Waals surface area contributed by atoms with Gasteiger partial charge in [0.1, 0.15) is 68.0 Å². The number of nitrogens with one attached hydrogen (secondary N) is 1. The van der Waals surface area contributed by atoms with Crippen molar-refractivity contribution in [2.75, 3.05) is 93.4 Å². The number of phenols is 1. The summed E-state index contributed by atoms with van der Waals surface area (Å²) < 4.78 is 74.7. The number of rotatable bonds is 37. The van der Waals surface area contributed by atoms with Crippen LogP contribution in [0.3, 0.4) is 0 Å². The quantitative estimate of drug-likeness (QED) is 0.00589. The van der Waals surface area contributed by atoms with Crippen molar-refractivity contribution >= 4 is 102 Å². The van der Waals surface area contributed by atoms with Crippen LogP contribution < -0.4 is 29.0 Å². The third-order valence-corrected chi connectivity index (χ3v) is 18.0. The van der Waals surface area contributed by atoms with E-state index in [2.05, 4.69) is 28.8 Å². The van der Waals surface area contributed by atoms with Gasteiger partial charge >= 0.3 is 17.9 Å². The molecule has 1 saturated carbocycles. The number of hydrogen-bond acceptors (Lipinski definition) is 28. The van der Waals surface area contributed by atoms with E-state index in [0.717, 1.165) is 75.4 Å². The molecule has 0 radical (unpaired) electrons. The fraction of sp³-hybridized carbons (Fsp3) is 0.356. The van der Waals surface area contributed by atoms with E-state index < -0.39 is 17.9 Å². The van der Waals surface area contributed by atoms with Gasteiger partial charge in [0.25, 0.3) is 5.91 Å². The Hall–Kier alpha value is -12.4. The number of fused-ring (bicyclic) bond motifs is 6. The highest BCUT2D eigenvalue weighted by molar-refractivity contribution is 6.01. The summed E-state index contributed by atoms with van der Waals surface area (Å²) in [6, 6.07) is 35.2. The van der Waals surface area contributed by atoms with E-state index in [1.165, 1.54) is 76.5 Å². The van der Waals surface area contributed by atoms with Crippen molar-refractivity contribution in [2.24, 2.45) is 0 Å². The summed E-state index contributed by atoms with van der Waals surface area (Å²) in [7, 11) is 2.96. The van der Waals surface area contributed by atoms with Crippen LogP contribution in [-0.2, 0) is 14.3 Å². The normalized spacial score (nSPS) is 11.6. The second kappa shape index (κ2) is 49.7. The van der Waals surface area contributed by atoms with Crippen molar-refractivity contribution in [1.29, 1.82) is 0 Å². The molecule has 30 heteroatoms. The van der Waals surface area contributed by atoms with Gasteiger partial charge in [-0.15, -0.1) is 0 Å². The molecule has 1 aliphatic carbocycles. The van der Waals surface area contributed by atoms with Gasteiger partial charge in [-0.1, -0.05) is 0 Å². The summed E-state index contributed by atoms with van der Waals surface area (Å²) >= 11 is 0. The Balaban J connectivity index is 0.000000177. The summed E-state index contributed by atoms with van der Waals surface area (Å²) in [6.07, 6.45) is 21.4. The second-order valence-corrected chi connectivity index (χ2v) is 26.9. The molecule has 14 rings (SSSR count). The minimum Gasteiger partial charge on any atom is -0.507 e. The van der Waals surface area contributed by atoms with Crippen LogP contribution in [0.15, 0.2) is 196 Å². The Morgan fingerprint density at radius 1 is 0.450 bits per heavy atom. The van der Waals surface area contributed by atoms with Crippen LogP contribution in [-0.4, -0.2) is 176 Å². The maximum atomic E-state index is 12.1. The predicted molar refractivity (Wildman–Crippen MR) is 445 cm³/mol. The molecule has 1 aliphatic rings. The molecule has 1 unspecified atom stereocenters. The first-order chi connectivity index (χ1) is 58.3. The number of Topliss-reactive ketones (excluding diaryl/α,β-unsaturated/α-hetero) is 1. The molecule has 13 aromatic rings. The number of carboxylic acids is 1. The molecule has 0 saturated heterocycles. The molecule has 8 N–H and O–H groups in total. The topological polar surface area (TPSA) is 425 Å². The van der Waals surface area contributed by atoms with E-state index in [-0.39, 0.29) is 61.6 Å². The molecule has 1 amide bonds. The second-order valence-electron chi connectivity index (χ2n) is 26.9. The Morgan fingerprint density at radius 2 is 0.792 bits per heavy atom. The standard InChI is InChI=1S/C17H23NO3.C15H19NO5.C15H18O5.C14H16O4.C13H14O5.C11H10O4.C5H4O2/c1-12(18-14-4-5-14)13-10-16(20-8-3-2-7-19)15-6-9-21-17(15)11-13;1-16(19-2)15(18)11-9-13(20-7-4-3-6-17)12-5-8-21-14(12)10-11;1-2-18-15(17)11-9-13(19-7-4-3-6-16)12-5-8-20-14(12)10-11;1-10(16)11-8-13(17-6-3-2-5-15)12-4-7-18-14(12)9-11;14-4-1-2-5-17-11-7-9(13(15)16)8-12-10(11)3-6-18-12;1-2-14-11(13)7-5-9(12)8-3-4-15-10(8)6-7;6-4-5-2-1-3-7-5/h6,9-12,14,18-19H,2-5,7-8H2,1H3;5,8-10,17H,3-4,6-7H2,1-2H3;5,8-10,16H,2-4,6-7H2,1H3;4,7-9,15H,2-3,5-6H2,1H3;3,6-8,14H,1-2,4-5H2,(H,15,16);3-6,12H,2H2,1H3;1-4H. The van der Waals surface area contributed by atoms with Crippen LogP contribution in [0.2, 0.25) is 0 Å². The molecule has 0 bridgehead atoms.